The Hall–Kier alpha value is -3.02. The number of nitrogens with two attached hydrogens (primary N) is 1. The summed E-state index contributed by atoms with van der Waals surface area (Å²) in [5, 5.41) is 0.960. The molecule has 2 aromatic heterocycles. The Morgan fingerprint density at radius 1 is 1.17 bits per heavy atom. The molecule has 0 atom stereocenters. The Morgan fingerprint density at radius 2 is 2.04 bits per heavy atom. The highest BCUT2D eigenvalue weighted by molar-refractivity contribution is 6.05. The molecular formula is C17H15N5O. The molecule has 1 aliphatic heterocycles. The third-order valence-electron chi connectivity index (χ3n) is 4.05. The van der Waals surface area contributed by atoms with Crippen LogP contribution in [0.3, 0.4) is 0 Å². The van der Waals surface area contributed by atoms with E-state index in [-0.39, 0.29) is 11.9 Å². The zero-order valence-corrected chi connectivity index (χ0v) is 12.7. The lowest BCUT2D eigenvalue weighted by atomic mass is 10.1. The van der Waals surface area contributed by atoms with E-state index in [9.17, 15) is 4.79 Å². The Morgan fingerprint density at radius 3 is 2.91 bits per heavy atom. The van der Waals surface area contributed by atoms with Crippen molar-refractivity contribution in [3.63, 3.8) is 0 Å². The van der Waals surface area contributed by atoms with E-state index in [1.165, 1.54) is 0 Å². The van der Waals surface area contributed by atoms with Crippen molar-refractivity contribution in [3.8, 4) is 0 Å². The zero-order chi connectivity index (χ0) is 16.0. The van der Waals surface area contributed by atoms with Gasteiger partial charge in [0, 0.05) is 29.4 Å². The second-order valence-corrected chi connectivity index (χ2v) is 5.69. The van der Waals surface area contributed by atoms with E-state index in [1.807, 2.05) is 37.3 Å². The molecule has 0 bridgehead atoms. The summed E-state index contributed by atoms with van der Waals surface area (Å²) >= 11 is 0. The van der Waals surface area contributed by atoms with Crippen molar-refractivity contribution in [2.75, 3.05) is 5.73 Å². The number of rotatable bonds is 1. The normalized spacial score (nSPS) is 13.3. The molecule has 1 aliphatic rings. The smallest absolute Gasteiger partial charge is 0.256 e. The topological polar surface area (TPSA) is 85.0 Å². The van der Waals surface area contributed by atoms with Crippen LogP contribution in [0, 0.1) is 6.92 Å². The van der Waals surface area contributed by atoms with Gasteiger partial charge in [-0.25, -0.2) is 9.97 Å². The van der Waals surface area contributed by atoms with E-state index in [0.29, 0.717) is 18.7 Å². The summed E-state index contributed by atoms with van der Waals surface area (Å²) in [4.78, 5) is 27.4. The van der Waals surface area contributed by atoms with Crippen molar-refractivity contribution in [3.05, 3.63) is 59.0 Å². The number of fused-ring (bicyclic) bond motifs is 2. The molecule has 3 aromatic rings. The molecule has 6 nitrogen and oxygen atoms in total. The third-order valence-corrected chi connectivity index (χ3v) is 4.05. The first-order valence-electron chi connectivity index (χ1n) is 7.38. The highest BCUT2D eigenvalue weighted by Gasteiger charge is 2.27. The molecular weight excluding hydrogens is 290 g/mol. The second-order valence-electron chi connectivity index (χ2n) is 5.69. The van der Waals surface area contributed by atoms with Crippen LogP contribution in [-0.4, -0.2) is 25.8 Å². The van der Waals surface area contributed by atoms with Crippen molar-refractivity contribution in [2.24, 2.45) is 0 Å². The maximum atomic E-state index is 12.9. The number of nitrogen functional groups attached to an aromatic ring is 1. The summed E-state index contributed by atoms with van der Waals surface area (Å²) in [5.74, 6) is 0.186. The molecule has 114 valence electrons. The molecule has 0 spiro atoms. The van der Waals surface area contributed by atoms with Crippen molar-refractivity contribution in [2.45, 2.75) is 20.0 Å². The van der Waals surface area contributed by atoms with Gasteiger partial charge in [-0.2, -0.15) is 0 Å². The summed E-state index contributed by atoms with van der Waals surface area (Å²) in [6.45, 7) is 2.87. The second kappa shape index (κ2) is 5.01. The van der Waals surface area contributed by atoms with Gasteiger partial charge in [0.15, 0.2) is 0 Å². The Labute approximate surface area is 133 Å². The van der Waals surface area contributed by atoms with Gasteiger partial charge in [0.05, 0.1) is 23.3 Å². The first-order chi connectivity index (χ1) is 11.1. The van der Waals surface area contributed by atoms with Crippen molar-refractivity contribution in [1.29, 1.82) is 0 Å². The maximum Gasteiger partial charge on any atom is 0.256 e. The molecule has 0 fully saturated rings. The van der Waals surface area contributed by atoms with E-state index in [1.54, 1.807) is 11.1 Å². The standard InChI is InChI=1S/C17H15N5O/c1-10-5-6-11-3-2-4-13(15(11)20-10)16(23)22-8-12-7-19-17(18)21-14(12)9-22/h2-7H,8-9H2,1H3,(H2,18,19,21). The van der Waals surface area contributed by atoms with Gasteiger partial charge >= 0.3 is 0 Å². The number of amides is 1. The number of carbonyl (C=O) groups excluding carboxylic acids is 1. The quantitative estimate of drug-likeness (QED) is 0.744. The van der Waals surface area contributed by atoms with Crippen molar-refractivity contribution in [1.82, 2.24) is 19.9 Å². The van der Waals surface area contributed by atoms with E-state index in [2.05, 4.69) is 15.0 Å². The molecule has 23 heavy (non-hydrogen) atoms. The third kappa shape index (κ3) is 2.28. The van der Waals surface area contributed by atoms with E-state index in [0.717, 1.165) is 27.9 Å². The van der Waals surface area contributed by atoms with Crippen LogP contribution in [0.4, 0.5) is 5.95 Å². The van der Waals surface area contributed by atoms with Crippen molar-refractivity contribution >= 4 is 22.8 Å². The van der Waals surface area contributed by atoms with E-state index >= 15 is 0 Å². The molecule has 0 unspecified atom stereocenters. The van der Waals surface area contributed by atoms with Crippen LogP contribution >= 0.6 is 0 Å². The predicted octanol–water partition coefficient (Wildman–Crippen LogP) is 2.07. The van der Waals surface area contributed by atoms with Gasteiger partial charge in [-0.15, -0.1) is 0 Å². The fourth-order valence-corrected chi connectivity index (χ4v) is 2.90. The molecule has 0 radical (unpaired) electrons. The number of carbonyl (C=O) groups is 1. The summed E-state index contributed by atoms with van der Waals surface area (Å²) in [6, 6.07) is 9.59. The van der Waals surface area contributed by atoms with Gasteiger partial charge in [-0.05, 0) is 19.1 Å². The van der Waals surface area contributed by atoms with Crippen LogP contribution in [-0.2, 0) is 13.1 Å². The highest BCUT2D eigenvalue weighted by atomic mass is 16.2. The summed E-state index contributed by atoms with van der Waals surface area (Å²) in [5.41, 5.74) is 9.61. The van der Waals surface area contributed by atoms with Gasteiger partial charge in [0.1, 0.15) is 0 Å². The summed E-state index contributed by atoms with van der Waals surface area (Å²) in [6.07, 6.45) is 1.69. The number of benzene rings is 1. The molecule has 1 amide bonds. The van der Waals surface area contributed by atoms with Crippen LogP contribution < -0.4 is 5.73 Å². The van der Waals surface area contributed by atoms with Crippen LogP contribution in [0.5, 0.6) is 0 Å². The van der Waals surface area contributed by atoms with Gasteiger partial charge in [0.25, 0.3) is 5.91 Å². The number of para-hydroxylation sites is 1. The summed E-state index contributed by atoms with van der Waals surface area (Å²) in [7, 11) is 0. The monoisotopic (exact) mass is 305 g/mol. The predicted molar refractivity (Wildman–Crippen MR) is 86.5 cm³/mol. The fraction of sp³-hybridized carbons (Fsp3) is 0.176. The first-order valence-corrected chi connectivity index (χ1v) is 7.38. The minimum absolute atomic E-state index is 0.0507. The number of hydrogen-bond acceptors (Lipinski definition) is 5. The number of aryl methyl sites for hydroxylation is 1. The van der Waals surface area contributed by atoms with Crippen LogP contribution in [0.25, 0.3) is 10.9 Å². The first kappa shape index (κ1) is 13.6. The number of aromatic nitrogens is 3. The number of pyridine rings is 1. The molecule has 3 heterocycles. The maximum absolute atomic E-state index is 12.9. The highest BCUT2D eigenvalue weighted by Crippen LogP contribution is 2.25. The molecule has 6 heteroatoms. The molecule has 0 saturated carbocycles. The minimum atomic E-state index is -0.0507. The van der Waals surface area contributed by atoms with Crippen molar-refractivity contribution < 1.29 is 4.79 Å². The van der Waals surface area contributed by atoms with Crippen LogP contribution in [0.15, 0.2) is 36.5 Å². The Balaban J connectivity index is 1.72. The lowest BCUT2D eigenvalue weighted by molar-refractivity contribution is 0.0752. The van der Waals surface area contributed by atoms with Gasteiger partial charge in [-0.1, -0.05) is 18.2 Å². The molecule has 1 aromatic carbocycles. The van der Waals surface area contributed by atoms with E-state index < -0.39 is 0 Å². The largest absolute Gasteiger partial charge is 0.368 e. The van der Waals surface area contributed by atoms with Gasteiger partial charge in [0.2, 0.25) is 5.95 Å². The van der Waals surface area contributed by atoms with Gasteiger partial charge in [-0.3, -0.25) is 9.78 Å². The number of anilines is 1. The van der Waals surface area contributed by atoms with Crippen LogP contribution in [0.1, 0.15) is 27.3 Å². The number of nitrogens with zero attached hydrogens (tertiary/aromatic N) is 4. The molecule has 0 saturated heterocycles. The van der Waals surface area contributed by atoms with E-state index in [4.69, 9.17) is 5.73 Å². The Kier molecular flexibility index (Phi) is 2.97. The zero-order valence-electron chi connectivity index (χ0n) is 12.7. The Bertz CT molecular complexity index is 937. The lowest BCUT2D eigenvalue weighted by Crippen LogP contribution is -2.25. The molecule has 4 rings (SSSR count). The SMILES string of the molecule is Cc1ccc2cccc(C(=O)N3Cc4cnc(N)nc4C3)c2n1. The lowest BCUT2D eigenvalue weighted by Gasteiger charge is -2.16. The fourth-order valence-electron chi connectivity index (χ4n) is 2.90. The average molecular weight is 305 g/mol. The minimum Gasteiger partial charge on any atom is -0.368 e. The molecule has 0 aliphatic carbocycles. The summed E-state index contributed by atoms with van der Waals surface area (Å²) < 4.78 is 0. The molecule has 2 N–H and O–H groups in total. The number of hydrogen-bond donors (Lipinski definition) is 1. The van der Waals surface area contributed by atoms with Gasteiger partial charge < -0.3 is 10.6 Å². The average Bonchev–Trinajstić information content (AvgIpc) is 2.96. The van der Waals surface area contributed by atoms with Crippen LogP contribution in [0.2, 0.25) is 0 Å².